The lowest BCUT2D eigenvalue weighted by atomic mass is 10.0. The van der Waals surface area contributed by atoms with Gasteiger partial charge in [-0.05, 0) is 17.7 Å². The molecule has 2 rings (SSSR count). The highest BCUT2D eigenvalue weighted by atomic mass is 19.4. The first-order valence-corrected chi connectivity index (χ1v) is 6.37. The van der Waals surface area contributed by atoms with Crippen molar-refractivity contribution < 1.29 is 17.6 Å². The van der Waals surface area contributed by atoms with Crippen molar-refractivity contribution in [1.82, 2.24) is 10.2 Å². The predicted octanol–water partition coefficient (Wildman–Crippen LogP) is 2.98. The van der Waals surface area contributed by atoms with Gasteiger partial charge in [0.15, 0.2) is 0 Å². The van der Waals surface area contributed by atoms with Gasteiger partial charge in [-0.15, -0.1) is 6.58 Å². The maximum atomic E-state index is 13.6. The number of nitrogens with one attached hydrogen (secondary N) is 1. The quantitative estimate of drug-likeness (QED) is 0.679. The monoisotopic (exact) mass is 288 g/mol. The van der Waals surface area contributed by atoms with Crippen molar-refractivity contribution in [1.29, 1.82) is 0 Å². The van der Waals surface area contributed by atoms with Crippen molar-refractivity contribution in [3.63, 3.8) is 0 Å². The second-order valence-electron chi connectivity index (χ2n) is 4.70. The van der Waals surface area contributed by atoms with Crippen LogP contribution in [-0.4, -0.2) is 31.1 Å². The highest BCUT2D eigenvalue weighted by Crippen LogP contribution is 2.33. The number of hydrogen-bond donors (Lipinski definition) is 1. The Morgan fingerprint density at radius 3 is 2.40 bits per heavy atom. The predicted molar refractivity (Wildman–Crippen MR) is 68.8 cm³/mol. The second kappa shape index (κ2) is 5.93. The summed E-state index contributed by atoms with van der Waals surface area (Å²) in [5.41, 5.74) is -0.739. The van der Waals surface area contributed by atoms with Crippen LogP contribution in [0.1, 0.15) is 17.2 Å². The third-order valence-electron chi connectivity index (χ3n) is 3.41. The van der Waals surface area contributed by atoms with Gasteiger partial charge in [-0.2, -0.15) is 13.2 Å². The van der Waals surface area contributed by atoms with Crippen LogP contribution < -0.4 is 5.32 Å². The molecule has 1 heterocycles. The minimum atomic E-state index is -4.67. The molecule has 0 aromatic heterocycles. The molecule has 1 N–H and O–H groups in total. The fraction of sp³-hybridized carbons (Fsp3) is 0.429. The Hall–Kier alpha value is -1.40. The van der Waals surface area contributed by atoms with Gasteiger partial charge in [0.1, 0.15) is 5.82 Å². The van der Waals surface area contributed by atoms with E-state index >= 15 is 0 Å². The van der Waals surface area contributed by atoms with E-state index in [1.165, 1.54) is 6.07 Å². The lowest BCUT2D eigenvalue weighted by Crippen LogP contribution is -2.44. The molecule has 0 radical (unpaired) electrons. The number of hydrogen-bond acceptors (Lipinski definition) is 2. The lowest BCUT2D eigenvalue weighted by Gasteiger charge is -2.33. The SMILES string of the molecule is C=C[C@@H](c1ccc(C(F)(F)F)c(F)c1)N1CCNCC1. The summed E-state index contributed by atoms with van der Waals surface area (Å²) >= 11 is 0. The summed E-state index contributed by atoms with van der Waals surface area (Å²) in [6.45, 7) is 6.80. The molecule has 0 bridgehead atoms. The van der Waals surface area contributed by atoms with Crippen LogP contribution in [-0.2, 0) is 6.18 Å². The van der Waals surface area contributed by atoms with Crippen molar-refractivity contribution in [3.8, 4) is 0 Å². The van der Waals surface area contributed by atoms with Crippen molar-refractivity contribution >= 4 is 0 Å². The van der Waals surface area contributed by atoms with E-state index in [1.54, 1.807) is 6.08 Å². The van der Waals surface area contributed by atoms with Crippen LogP contribution in [0, 0.1) is 5.82 Å². The summed E-state index contributed by atoms with van der Waals surface area (Å²) in [7, 11) is 0. The van der Waals surface area contributed by atoms with Gasteiger partial charge in [-0.3, -0.25) is 4.90 Å². The molecule has 1 aromatic carbocycles. The number of alkyl halides is 3. The highest BCUT2D eigenvalue weighted by Gasteiger charge is 2.34. The summed E-state index contributed by atoms with van der Waals surface area (Å²) < 4.78 is 51.2. The Labute approximate surface area is 115 Å². The van der Waals surface area contributed by atoms with Gasteiger partial charge in [0.05, 0.1) is 11.6 Å². The molecule has 2 nitrogen and oxygen atoms in total. The molecular formula is C14H16F4N2. The van der Waals surface area contributed by atoms with Crippen LogP contribution in [0.5, 0.6) is 0 Å². The first kappa shape index (κ1) is 15.0. The molecule has 6 heteroatoms. The topological polar surface area (TPSA) is 15.3 Å². The van der Waals surface area contributed by atoms with Crippen LogP contribution in [0.3, 0.4) is 0 Å². The van der Waals surface area contributed by atoms with Gasteiger partial charge in [0.2, 0.25) is 0 Å². The molecule has 1 saturated heterocycles. The minimum absolute atomic E-state index is 0.270. The number of piperazine rings is 1. The zero-order chi connectivity index (χ0) is 14.8. The van der Waals surface area contributed by atoms with Gasteiger partial charge in [0.25, 0.3) is 0 Å². The summed E-state index contributed by atoms with van der Waals surface area (Å²) in [4.78, 5) is 2.06. The Kier molecular flexibility index (Phi) is 4.45. The summed E-state index contributed by atoms with van der Waals surface area (Å²) in [5, 5.41) is 3.19. The maximum Gasteiger partial charge on any atom is 0.419 e. The van der Waals surface area contributed by atoms with Crippen molar-refractivity contribution in [3.05, 3.63) is 47.8 Å². The van der Waals surface area contributed by atoms with Crippen molar-refractivity contribution in [2.45, 2.75) is 12.2 Å². The first-order chi connectivity index (χ1) is 9.43. The van der Waals surface area contributed by atoms with E-state index in [0.29, 0.717) is 5.56 Å². The van der Waals surface area contributed by atoms with E-state index in [-0.39, 0.29) is 6.04 Å². The lowest BCUT2D eigenvalue weighted by molar-refractivity contribution is -0.140. The Balaban J connectivity index is 2.27. The van der Waals surface area contributed by atoms with E-state index in [2.05, 4.69) is 16.8 Å². The molecule has 1 aliphatic rings. The van der Waals surface area contributed by atoms with Gasteiger partial charge < -0.3 is 5.32 Å². The number of rotatable bonds is 3. The van der Waals surface area contributed by atoms with Crippen LogP contribution >= 0.6 is 0 Å². The molecule has 1 fully saturated rings. The summed E-state index contributed by atoms with van der Waals surface area (Å²) in [5.74, 6) is -1.24. The van der Waals surface area contributed by atoms with Crippen molar-refractivity contribution in [2.24, 2.45) is 0 Å². The average Bonchev–Trinajstić information content (AvgIpc) is 2.39. The van der Waals surface area contributed by atoms with Crippen LogP contribution in [0.2, 0.25) is 0 Å². The third kappa shape index (κ3) is 3.19. The number of nitrogens with zero attached hydrogens (tertiary/aromatic N) is 1. The molecule has 1 atom stereocenters. The van der Waals surface area contributed by atoms with Gasteiger partial charge in [-0.1, -0.05) is 12.1 Å². The molecular weight excluding hydrogens is 272 g/mol. The molecule has 1 aromatic rings. The molecule has 20 heavy (non-hydrogen) atoms. The molecule has 0 aliphatic carbocycles. The maximum absolute atomic E-state index is 13.6. The van der Waals surface area contributed by atoms with Crippen LogP contribution in [0.15, 0.2) is 30.9 Å². The Morgan fingerprint density at radius 2 is 1.90 bits per heavy atom. The fourth-order valence-electron chi connectivity index (χ4n) is 2.40. The molecule has 1 aliphatic heterocycles. The normalized spacial score (nSPS) is 18.8. The number of benzene rings is 1. The minimum Gasteiger partial charge on any atom is -0.314 e. The zero-order valence-corrected chi connectivity index (χ0v) is 10.9. The third-order valence-corrected chi connectivity index (χ3v) is 3.41. The summed E-state index contributed by atoms with van der Waals surface area (Å²) in [6, 6.07) is 2.80. The van der Waals surface area contributed by atoms with E-state index < -0.39 is 17.6 Å². The van der Waals surface area contributed by atoms with Crippen molar-refractivity contribution in [2.75, 3.05) is 26.2 Å². The zero-order valence-electron chi connectivity index (χ0n) is 10.9. The van der Waals surface area contributed by atoms with E-state index in [9.17, 15) is 17.6 Å². The van der Waals surface area contributed by atoms with E-state index in [4.69, 9.17) is 0 Å². The van der Waals surface area contributed by atoms with Crippen LogP contribution in [0.25, 0.3) is 0 Å². The highest BCUT2D eigenvalue weighted by molar-refractivity contribution is 5.30. The Bertz CT molecular complexity index is 479. The Morgan fingerprint density at radius 1 is 1.25 bits per heavy atom. The fourth-order valence-corrected chi connectivity index (χ4v) is 2.40. The van der Waals surface area contributed by atoms with Crippen LogP contribution in [0.4, 0.5) is 17.6 Å². The number of halogens is 4. The second-order valence-corrected chi connectivity index (χ2v) is 4.70. The average molecular weight is 288 g/mol. The van der Waals surface area contributed by atoms with E-state index in [1.807, 2.05) is 0 Å². The standard InChI is InChI=1S/C14H16F4N2/c1-2-13(20-7-5-19-6-8-20)10-3-4-11(12(15)9-10)14(16,17)18/h2-4,9,13,19H,1,5-8H2/t13-/m0/s1. The molecule has 0 amide bonds. The van der Waals surface area contributed by atoms with Gasteiger partial charge in [0, 0.05) is 26.2 Å². The smallest absolute Gasteiger partial charge is 0.314 e. The molecule has 0 spiro atoms. The van der Waals surface area contributed by atoms with Gasteiger partial charge >= 0.3 is 6.18 Å². The molecule has 0 saturated carbocycles. The molecule has 0 unspecified atom stereocenters. The van der Waals surface area contributed by atoms with E-state index in [0.717, 1.165) is 38.3 Å². The first-order valence-electron chi connectivity index (χ1n) is 6.37. The summed E-state index contributed by atoms with van der Waals surface area (Å²) in [6.07, 6.45) is -3.03. The largest absolute Gasteiger partial charge is 0.419 e. The molecule has 110 valence electrons. The van der Waals surface area contributed by atoms with Gasteiger partial charge in [-0.25, -0.2) is 4.39 Å².